The number of rotatable bonds is 6. The van der Waals surface area contributed by atoms with Crippen molar-refractivity contribution in [1.82, 2.24) is 10.2 Å². The number of benzene rings is 3. The zero-order chi connectivity index (χ0) is 23.5. The molecule has 0 bridgehead atoms. The van der Waals surface area contributed by atoms with Crippen LogP contribution in [0, 0.1) is 11.8 Å². The standard InChI is InChI=1S/C28H29N3O3/c32-26(29-17-19-6-3-10-23(16-19)30-27(33)21-13-14-21)22-9-5-15-31(18-22)28(34)25-12-4-8-20-7-1-2-11-24(20)25/h1-4,6-8,10-12,16,21-22H,5,9,13-15,17-18H2,(H,29,32)(H,30,33). The van der Waals surface area contributed by atoms with Crippen molar-refractivity contribution in [1.29, 1.82) is 0 Å². The van der Waals surface area contributed by atoms with Crippen molar-refractivity contribution in [3.05, 3.63) is 77.9 Å². The maximum Gasteiger partial charge on any atom is 0.254 e. The van der Waals surface area contributed by atoms with Gasteiger partial charge in [0.2, 0.25) is 11.8 Å². The molecule has 0 spiro atoms. The summed E-state index contributed by atoms with van der Waals surface area (Å²) in [4.78, 5) is 40.0. The highest BCUT2D eigenvalue weighted by atomic mass is 16.2. The van der Waals surface area contributed by atoms with E-state index in [0.717, 1.165) is 47.7 Å². The van der Waals surface area contributed by atoms with E-state index in [2.05, 4.69) is 10.6 Å². The fourth-order valence-electron chi connectivity index (χ4n) is 4.64. The van der Waals surface area contributed by atoms with Gasteiger partial charge in [0.25, 0.3) is 5.91 Å². The smallest absolute Gasteiger partial charge is 0.254 e. The van der Waals surface area contributed by atoms with Gasteiger partial charge in [-0.3, -0.25) is 14.4 Å². The summed E-state index contributed by atoms with van der Waals surface area (Å²) in [7, 11) is 0. The number of likely N-dealkylation sites (tertiary alicyclic amines) is 1. The Morgan fingerprint density at radius 2 is 1.65 bits per heavy atom. The van der Waals surface area contributed by atoms with Crippen molar-refractivity contribution in [2.75, 3.05) is 18.4 Å². The van der Waals surface area contributed by atoms with E-state index in [0.29, 0.717) is 25.2 Å². The number of fused-ring (bicyclic) bond motifs is 1. The molecule has 1 heterocycles. The van der Waals surface area contributed by atoms with Gasteiger partial charge in [0, 0.05) is 36.8 Å². The van der Waals surface area contributed by atoms with Gasteiger partial charge in [0.15, 0.2) is 0 Å². The van der Waals surface area contributed by atoms with Crippen LogP contribution in [0.3, 0.4) is 0 Å². The molecule has 6 heteroatoms. The fourth-order valence-corrected chi connectivity index (χ4v) is 4.64. The Labute approximate surface area is 199 Å². The van der Waals surface area contributed by atoms with Crippen molar-refractivity contribution in [3.63, 3.8) is 0 Å². The van der Waals surface area contributed by atoms with Gasteiger partial charge in [-0.1, -0.05) is 48.5 Å². The van der Waals surface area contributed by atoms with Crippen LogP contribution in [0.25, 0.3) is 10.8 Å². The summed E-state index contributed by atoms with van der Waals surface area (Å²) >= 11 is 0. The Morgan fingerprint density at radius 3 is 2.50 bits per heavy atom. The minimum Gasteiger partial charge on any atom is -0.352 e. The molecule has 6 nitrogen and oxygen atoms in total. The number of carbonyl (C=O) groups excluding carboxylic acids is 3. The third-order valence-corrected chi connectivity index (χ3v) is 6.71. The van der Waals surface area contributed by atoms with Gasteiger partial charge in [-0.25, -0.2) is 0 Å². The number of hydrogen-bond acceptors (Lipinski definition) is 3. The number of hydrogen-bond donors (Lipinski definition) is 2. The van der Waals surface area contributed by atoms with E-state index in [1.807, 2.05) is 71.6 Å². The van der Waals surface area contributed by atoms with Crippen LogP contribution >= 0.6 is 0 Å². The summed E-state index contributed by atoms with van der Waals surface area (Å²) in [5.74, 6) is -0.0739. The Kier molecular flexibility index (Phi) is 6.30. The van der Waals surface area contributed by atoms with Gasteiger partial charge in [-0.05, 0) is 60.2 Å². The monoisotopic (exact) mass is 455 g/mol. The van der Waals surface area contributed by atoms with E-state index in [4.69, 9.17) is 0 Å². The summed E-state index contributed by atoms with van der Waals surface area (Å²) in [6, 6.07) is 21.2. The molecule has 0 radical (unpaired) electrons. The van der Waals surface area contributed by atoms with Crippen LogP contribution in [0.5, 0.6) is 0 Å². The Bertz CT molecular complexity index is 1230. The number of amides is 3. The zero-order valence-electron chi connectivity index (χ0n) is 19.1. The van der Waals surface area contributed by atoms with Crippen LogP contribution in [-0.2, 0) is 16.1 Å². The highest BCUT2D eigenvalue weighted by Crippen LogP contribution is 2.30. The lowest BCUT2D eigenvalue weighted by atomic mass is 9.95. The Hall–Kier alpha value is -3.67. The van der Waals surface area contributed by atoms with Gasteiger partial charge < -0.3 is 15.5 Å². The minimum atomic E-state index is -0.231. The minimum absolute atomic E-state index is 0.0200. The van der Waals surface area contributed by atoms with Crippen molar-refractivity contribution < 1.29 is 14.4 Å². The zero-order valence-corrected chi connectivity index (χ0v) is 19.1. The van der Waals surface area contributed by atoms with Gasteiger partial charge in [-0.2, -0.15) is 0 Å². The second-order valence-corrected chi connectivity index (χ2v) is 9.30. The molecule has 1 aliphatic heterocycles. The predicted octanol–water partition coefficient (Wildman–Crippen LogP) is 4.36. The molecular formula is C28H29N3O3. The van der Waals surface area contributed by atoms with E-state index < -0.39 is 0 Å². The third-order valence-electron chi connectivity index (χ3n) is 6.71. The summed E-state index contributed by atoms with van der Waals surface area (Å²) in [6.07, 6.45) is 3.49. The molecule has 2 fully saturated rings. The van der Waals surface area contributed by atoms with Gasteiger partial charge in [0.1, 0.15) is 0 Å². The third kappa shape index (κ3) is 4.96. The second kappa shape index (κ2) is 9.67. The van der Waals surface area contributed by atoms with E-state index in [-0.39, 0.29) is 29.6 Å². The molecule has 34 heavy (non-hydrogen) atoms. The van der Waals surface area contributed by atoms with Crippen LogP contribution in [-0.4, -0.2) is 35.7 Å². The van der Waals surface area contributed by atoms with Crippen LogP contribution in [0.1, 0.15) is 41.6 Å². The molecule has 3 aromatic rings. The van der Waals surface area contributed by atoms with Crippen molar-refractivity contribution in [3.8, 4) is 0 Å². The lowest BCUT2D eigenvalue weighted by Gasteiger charge is -2.32. The van der Waals surface area contributed by atoms with Crippen LogP contribution in [0.2, 0.25) is 0 Å². The normalized spacial score (nSPS) is 17.9. The Morgan fingerprint density at radius 1 is 0.853 bits per heavy atom. The molecule has 1 aliphatic carbocycles. The molecule has 2 aliphatic rings. The van der Waals surface area contributed by atoms with Gasteiger partial charge in [0.05, 0.1) is 5.92 Å². The molecule has 2 N–H and O–H groups in total. The molecule has 3 amide bonds. The molecule has 174 valence electrons. The van der Waals surface area contributed by atoms with E-state index in [1.165, 1.54) is 0 Å². The maximum absolute atomic E-state index is 13.3. The summed E-state index contributed by atoms with van der Waals surface area (Å²) in [6.45, 7) is 1.47. The lowest BCUT2D eigenvalue weighted by molar-refractivity contribution is -0.126. The Balaban J connectivity index is 1.20. The lowest BCUT2D eigenvalue weighted by Crippen LogP contribution is -2.45. The first kappa shape index (κ1) is 22.1. The highest BCUT2D eigenvalue weighted by molar-refractivity contribution is 6.07. The van der Waals surface area contributed by atoms with Crippen molar-refractivity contribution >= 4 is 34.2 Å². The molecular weight excluding hydrogens is 426 g/mol. The van der Waals surface area contributed by atoms with Crippen molar-refractivity contribution in [2.45, 2.75) is 32.2 Å². The summed E-state index contributed by atoms with van der Waals surface area (Å²) in [5, 5.41) is 7.95. The molecule has 1 atom stereocenters. The van der Waals surface area contributed by atoms with E-state index in [1.54, 1.807) is 0 Å². The average Bonchev–Trinajstić information content (AvgIpc) is 3.73. The van der Waals surface area contributed by atoms with Crippen LogP contribution in [0.15, 0.2) is 66.7 Å². The molecule has 1 saturated heterocycles. The van der Waals surface area contributed by atoms with E-state index in [9.17, 15) is 14.4 Å². The topological polar surface area (TPSA) is 78.5 Å². The maximum atomic E-state index is 13.3. The second-order valence-electron chi connectivity index (χ2n) is 9.30. The summed E-state index contributed by atoms with van der Waals surface area (Å²) < 4.78 is 0. The van der Waals surface area contributed by atoms with E-state index >= 15 is 0 Å². The first-order chi connectivity index (χ1) is 16.6. The summed E-state index contributed by atoms with van der Waals surface area (Å²) in [5.41, 5.74) is 2.37. The number of anilines is 1. The van der Waals surface area contributed by atoms with Gasteiger partial charge in [-0.15, -0.1) is 0 Å². The average molecular weight is 456 g/mol. The number of nitrogens with zero attached hydrogens (tertiary/aromatic N) is 1. The fraction of sp³-hybridized carbons (Fsp3) is 0.321. The highest BCUT2D eigenvalue weighted by Gasteiger charge is 2.30. The largest absolute Gasteiger partial charge is 0.352 e. The molecule has 5 rings (SSSR count). The van der Waals surface area contributed by atoms with Crippen molar-refractivity contribution in [2.24, 2.45) is 11.8 Å². The SMILES string of the molecule is O=C(NCc1cccc(NC(=O)C2CC2)c1)C1CCCN(C(=O)c2cccc3ccccc23)C1. The number of nitrogens with one attached hydrogen (secondary N) is 2. The quantitative estimate of drug-likeness (QED) is 0.580. The first-order valence-electron chi connectivity index (χ1n) is 12.0. The van der Waals surface area contributed by atoms with Crippen LogP contribution in [0.4, 0.5) is 5.69 Å². The molecule has 1 saturated carbocycles. The molecule has 0 aromatic heterocycles. The number of piperidine rings is 1. The van der Waals surface area contributed by atoms with Crippen LogP contribution < -0.4 is 10.6 Å². The predicted molar refractivity (Wildman–Crippen MR) is 132 cm³/mol. The first-order valence-corrected chi connectivity index (χ1v) is 12.0. The molecule has 1 unspecified atom stereocenters. The number of carbonyl (C=O) groups is 3. The van der Waals surface area contributed by atoms with Gasteiger partial charge >= 0.3 is 0 Å². The molecule has 3 aromatic carbocycles.